The van der Waals surface area contributed by atoms with Gasteiger partial charge in [-0.1, -0.05) is 12.2 Å². The Kier molecular flexibility index (Phi) is 4.25. The number of fused-ring (bicyclic) bond motifs is 1. The average Bonchev–Trinajstić information content (AvgIpc) is 3.00. The summed E-state index contributed by atoms with van der Waals surface area (Å²) in [6.07, 6.45) is -3.58. The molecule has 1 fully saturated rings. The fourth-order valence-electron chi connectivity index (χ4n) is 2.70. The lowest BCUT2D eigenvalue weighted by Crippen LogP contribution is -2.47. The fraction of sp³-hybridized carbons (Fsp3) is 0.462. The number of anilines is 1. The molecular weight excluding hydrogens is 358 g/mol. The number of nitrogens with zero attached hydrogens (tertiary/aromatic N) is 3. The number of nitrogen functional groups attached to an aromatic ring is 1. The summed E-state index contributed by atoms with van der Waals surface area (Å²) >= 11 is 10.6. The number of rotatable bonds is 2. The van der Waals surface area contributed by atoms with Crippen molar-refractivity contribution in [2.24, 2.45) is 0 Å². The van der Waals surface area contributed by atoms with Crippen LogP contribution in [0.5, 0.6) is 0 Å². The number of ether oxygens (including phenoxy) is 1. The van der Waals surface area contributed by atoms with Crippen LogP contribution in [0.1, 0.15) is 13.2 Å². The summed E-state index contributed by atoms with van der Waals surface area (Å²) in [6.45, 7) is 1.42. The molecule has 2 aromatic heterocycles. The maximum atomic E-state index is 10.8. The van der Waals surface area contributed by atoms with Gasteiger partial charge in [-0.25, -0.2) is 4.98 Å². The van der Waals surface area contributed by atoms with E-state index in [0.717, 1.165) is 0 Å². The van der Waals surface area contributed by atoms with E-state index in [1.54, 1.807) is 0 Å². The quantitative estimate of drug-likeness (QED) is 0.356. The van der Waals surface area contributed by atoms with Gasteiger partial charge in [-0.05, 0) is 24.4 Å². The molecule has 5 atom stereocenters. The molecule has 0 aliphatic carbocycles. The van der Waals surface area contributed by atoms with Crippen LogP contribution in [-0.4, -0.2) is 58.8 Å². The molecule has 0 radical (unpaired) electrons. The first kappa shape index (κ1) is 17.1. The minimum absolute atomic E-state index is 0.0480. The number of hydrogen-bond donors (Lipinski definition) is 5. The van der Waals surface area contributed by atoms with Crippen LogP contribution in [0.25, 0.3) is 11.2 Å². The lowest BCUT2D eigenvalue weighted by molar-refractivity contribution is -0.0847. The van der Waals surface area contributed by atoms with Gasteiger partial charge in [0, 0.05) is 5.38 Å². The smallest absolute Gasteiger partial charge is 0.200 e. The van der Waals surface area contributed by atoms with Gasteiger partial charge < -0.3 is 30.8 Å². The van der Waals surface area contributed by atoms with Crippen molar-refractivity contribution < 1.29 is 20.1 Å². The van der Waals surface area contributed by atoms with Crippen LogP contribution in [0.4, 0.5) is 5.95 Å². The molecule has 9 nitrogen and oxygen atoms in total. The summed E-state index contributed by atoms with van der Waals surface area (Å²) in [5, 5.41) is 33.0. The molecular formula is C13H14ClN5O4S. The summed E-state index contributed by atoms with van der Waals surface area (Å²) in [6, 6.07) is 0. The minimum Gasteiger partial charge on any atom is -0.391 e. The second-order valence-corrected chi connectivity index (χ2v) is 6.06. The van der Waals surface area contributed by atoms with Gasteiger partial charge >= 0.3 is 0 Å². The van der Waals surface area contributed by atoms with E-state index in [4.69, 9.17) is 34.3 Å². The van der Waals surface area contributed by atoms with Crippen LogP contribution in [0.2, 0.25) is 0 Å². The number of aliphatic hydroxyl groups excluding tert-OH is 2. The molecule has 3 rings (SSSR count). The summed E-state index contributed by atoms with van der Waals surface area (Å²) in [5.41, 5.74) is 4.14. The molecule has 1 aliphatic rings. The SMILES string of the molecule is C[C@@H](O)[C@H]1O[C@@H](n2cnc3c(=S)[nH]c(N)nc32)[C@@](O)(C#CCl)C1O. The zero-order chi connectivity index (χ0) is 17.6. The zero-order valence-electron chi connectivity index (χ0n) is 12.3. The highest BCUT2D eigenvalue weighted by Gasteiger charge is 2.57. The maximum absolute atomic E-state index is 10.8. The number of imidazole rings is 1. The van der Waals surface area contributed by atoms with Crippen molar-refractivity contribution in [2.75, 3.05) is 5.73 Å². The predicted molar refractivity (Wildman–Crippen MR) is 87.3 cm³/mol. The van der Waals surface area contributed by atoms with Gasteiger partial charge in [0.25, 0.3) is 0 Å². The molecule has 6 N–H and O–H groups in total. The lowest BCUT2D eigenvalue weighted by Gasteiger charge is -2.26. The third-order valence-corrected chi connectivity index (χ3v) is 4.24. The Balaban J connectivity index is 2.20. The second-order valence-electron chi connectivity index (χ2n) is 5.46. The van der Waals surface area contributed by atoms with E-state index in [9.17, 15) is 15.3 Å². The maximum Gasteiger partial charge on any atom is 0.200 e. The Morgan fingerprint density at radius 2 is 2.33 bits per heavy atom. The molecule has 1 unspecified atom stereocenters. The van der Waals surface area contributed by atoms with E-state index >= 15 is 0 Å². The first-order chi connectivity index (χ1) is 11.3. The molecule has 0 bridgehead atoms. The highest BCUT2D eigenvalue weighted by molar-refractivity contribution is 7.71. The molecule has 3 heterocycles. The van der Waals surface area contributed by atoms with Crippen molar-refractivity contribution >= 4 is 40.9 Å². The Hall–Kier alpha value is -1.74. The molecule has 0 spiro atoms. The summed E-state index contributed by atoms with van der Waals surface area (Å²) in [4.78, 5) is 10.9. The predicted octanol–water partition coefficient (Wildman–Crippen LogP) is -0.359. The summed E-state index contributed by atoms with van der Waals surface area (Å²) in [5.74, 6) is 2.38. The highest BCUT2D eigenvalue weighted by atomic mass is 35.5. The van der Waals surface area contributed by atoms with Crippen molar-refractivity contribution in [2.45, 2.75) is 37.1 Å². The summed E-state index contributed by atoms with van der Waals surface area (Å²) < 4.78 is 7.22. The number of aromatic nitrogens is 4. The first-order valence-electron chi connectivity index (χ1n) is 6.88. The highest BCUT2D eigenvalue weighted by Crippen LogP contribution is 2.40. The third-order valence-electron chi connectivity index (χ3n) is 3.85. The van der Waals surface area contributed by atoms with Crippen LogP contribution in [-0.2, 0) is 4.74 Å². The van der Waals surface area contributed by atoms with Gasteiger partial charge in [-0.15, -0.1) is 0 Å². The number of aromatic amines is 1. The van der Waals surface area contributed by atoms with Crippen LogP contribution in [0.15, 0.2) is 6.33 Å². The molecule has 128 valence electrons. The Bertz CT molecular complexity index is 903. The van der Waals surface area contributed by atoms with Crippen molar-refractivity contribution in [3.63, 3.8) is 0 Å². The van der Waals surface area contributed by atoms with E-state index in [1.807, 2.05) is 5.38 Å². The number of halogens is 1. The minimum atomic E-state index is -2.09. The van der Waals surface area contributed by atoms with Gasteiger partial charge in [0.1, 0.15) is 22.4 Å². The van der Waals surface area contributed by atoms with E-state index in [1.165, 1.54) is 17.8 Å². The Morgan fingerprint density at radius 1 is 1.62 bits per heavy atom. The third kappa shape index (κ3) is 2.46. The van der Waals surface area contributed by atoms with Crippen LogP contribution in [0, 0.1) is 15.9 Å². The van der Waals surface area contributed by atoms with Gasteiger partial charge in [-0.3, -0.25) is 4.57 Å². The molecule has 0 saturated carbocycles. The van der Waals surface area contributed by atoms with Gasteiger partial charge in [0.05, 0.1) is 12.4 Å². The monoisotopic (exact) mass is 371 g/mol. The molecule has 24 heavy (non-hydrogen) atoms. The zero-order valence-corrected chi connectivity index (χ0v) is 13.9. The topological polar surface area (TPSA) is 142 Å². The molecule has 0 aromatic carbocycles. The van der Waals surface area contributed by atoms with E-state index < -0.39 is 30.1 Å². The number of hydrogen-bond acceptors (Lipinski definition) is 8. The van der Waals surface area contributed by atoms with Crippen LogP contribution >= 0.6 is 23.8 Å². The Labute approximate surface area is 146 Å². The number of nitrogens with one attached hydrogen (secondary N) is 1. The fourth-order valence-corrected chi connectivity index (χ4v) is 3.10. The molecule has 11 heteroatoms. The largest absolute Gasteiger partial charge is 0.391 e. The van der Waals surface area contributed by atoms with Crippen molar-refractivity contribution in [1.82, 2.24) is 19.5 Å². The molecule has 0 amide bonds. The first-order valence-corrected chi connectivity index (χ1v) is 7.67. The van der Waals surface area contributed by atoms with Crippen molar-refractivity contribution in [3.05, 3.63) is 11.0 Å². The number of aliphatic hydroxyl groups is 3. The van der Waals surface area contributed by atoms with Crippen LogP contribution < -0.4 is 5.73 Å². The van der Waals surface area contributed by atoms with Gasteiger partial charge in [0.2, 0.25) is 11.5 Å². The molecule has 1 saturated heterocycles. The number of H-pyrrole nitrogens is 1. The normalized spacial score (nSPS) is 31.0. The van der Waals surface area contributed by atoms with E-state index in [-0.39, 0.29) is 16.2 Å². The van der Waals surface area contributed by atoms with Crippen molar-refractivity contribution in [3.8, 4) is 11.3 Å². The Morgan fingerprint density at radius 3 is 2.96 bits per heavy atom. The van der Waals surface area contributed by atoms with E-state index in [2.05, 4.69) is 20.9 Å². The van der Waals surface area contributed by atoms with Crippen molar-refractivity contribution in [1.29, 1.82) is 0 Å². The summed E-state index contributed by atoms with van der Waals surface area (Å²) in [7, 11) is 0. The average molecular weight is 372 g/mol. The molecule has 1 aliphatic heterocycles. The standard InChI is InChI=1S/C13H14ClN5O4S/c1-5(20)7-8(21)13(22,2-3-14)11(23-7)19-4-16-6-9(19)17-12(15)18-10(6)24/h4-5,7-8,11,20-22H,1H3,(H3,15,17,18,24)/t5-,7-,8?,11-,13-/m1/s1. The molecule has 2 aromatic rings. The van der Waals surface area contributed by atoms with E-state index in [0.29, 0.717) is 5.52 Å². The van der Waals surface area contributed by atoms with Gasteiger partial charge in [0.15, 0.2) is 11.9 Å². The van der Waals surface area contributed by atoms with Crippen LogP contribution in [0.3, 0.4) is 0 Å². The second kappa shape index (κ2) is 5.96. The lowest BCUT2D eigenvalue weighted by atomic mass is 9.93. The van der Waals surface area contributed by atoms with Gasteiger partial charge in [-0.2, -0.15) is 4.98 Å². The number of nitrogens with two attached hydrogens (primary N) is 1.